The topological polar surface area (TPSA) is 81.8 Å². The largest absolute Gasteiger partial charge is 0.491 e. The van der Waals surface area contributed by atoms with Crippen LogP contribution in [0.2, 0.25) is 0 Å². The van der Waals surface area contributed by atoms with Gasteiger partial charge in [0.1, 0.15) is 25.1 Å². The van der Waals surface area contributed by atoms with Crippen LogP contribution >= 0.6 is 0 Å². The van der Waals surface area contributed by atoms with Crippen LogP contribution in [0.25, 0.3) is 0 Å². The Balaban J connectivity index is 3.96. The smallest absolute Gasteiger partial charge is 0.404 e. The Hall–Kier alpha value is -1.75. The van der Waals surface area contributed by atoms with Gasteiger partial charge in [-0.3, -0.25) is 0 Å². The molecule has 0 saturated heterocycles. The summed E-state index contributed by atoms with van der Waals surface area (Å²) in [7, 11) is 0. The van der Waals surface area contributed by atoms with Crippen LogP contribution in [0.5, 0.6) is 0 Å². The molecule has 0 heterocycles. The van der Waals surface area contributed by atoms with Gasteiger partial charge in [0.2, 0.25) is 0 Å². The number of amides is 1. The Kier molecular flexibility index (Phi) is 7.61. The molecule has 5 nitrogen and oxygen atoms in total. The molecule has 0 fully saturated rings. The first-order chi connectivity index (χ1) is 7.60. The van der Waals surface area contributed by atoms with Crippen molar-refractivity contribution in [3.8, 4) is 0 Å². The molecule has 0 aromatic heterocycles. The van der Waals surface area contributed by atoms with Gasteiger partial charge in [-0.05, 0) is 19.1 Å². The highest BCUT2D eigenvalue weighted by atomic mass is 16.6. The predicted octanol–water partition coefficient (Wildman–Crippen LogP) is 1.11. The molecule has 90 valence electrons. The van der Waals surface area contributed by atoms with Crippen molar-refractivity contribution in [2.75, 3.05) is 13.2 Å². The molecule has 16 heavy (non-hydrogen) atoms. The van der Waals surface area contributed by atoms with Gasteiger partial charge < -0.3 is 20.3 Å². The summed E-state index contributed by atoms with van der Waals surface area (Å²) in [4.78, 5) is 10.3. The number of hydrogen-bond donors (Lipinski definition) is 2. The Morgan fingerprint density at radius 2 is 2.12 bits per heavy atom. The van der Waals surface area contributed by atoms with Crippen LogP contribution < -0.4 is 5.73 Å². The highest BCUT2D eigenvalue weighted by Gasteiger charge is 2.07. The number of allylic oxidation sites excluding steroid dienone is 4. The highest BCUT2D eigenvalue weighted by Crippen LogP contribution is 2.01. The zero-order chi connectivity index (χ0) is 12.4. The molecule has 0 spiro atoms. The maximum Gasteiger partial charge on any atom is 0.404 e. The van der Waals surface area contributed by atoms with E-state index in [2.05, 4.69) is 11.3 Å². The van der Waals surface area contributed by atoms with E-state index in [0.29, 0.717) is 5.76 Å². The van der Waals surface area contributed by atoms with Gasteiger partial charge in [-0.2, -0.15) is 0 Å². The van der Waals surface area contributed by atoms with E-state index in [-0.39, 0.29) is 13.2 Å². The molecule has 0 aliphatic rings. The number of primary amides is 1. The second-order valence-corrected chi connectivity index (χ2v) is 2.90. The molecule has 5 heteroatoms. The molecule has 0 radical (unpaired) electrons. The number of nitrogens with two attached hydrogens (primary N) is 1. The third-order valence-electron chi connectivity index (χ3n) is 1.47. The van der Waals surface area contributed by atoms with Crippen LogP contribution in [0.4, 0.5) is 4.79 Å². The van der Waals surface area contributed by atoms with E-state index < -0.39 is 12.2 Å². The van der Waals surface area contributed by atoms with E-state index in [0.717, 1.165) is 0 Å². The number of carbonyl (C=O) groups excluding carboxylic acids is 1. The Bertz CT molecular complexity index is 284. The van der Waals surface area contributed by atoms with Gasteiger partial charge in [0.25, 0.3) is 0 Å². The normalized spacial score (nSPS) is 13.5. The third kappa shape index (κ3) is 7.64. The number of carbonyl (C=O) groups is 1. The van der Waals surface area contributed by atoms with Crippen molar-refractivity contribution in [2.45, 2.75) is 13.0 Å². The van der Waals surface area contributed by atoms with Crippen LogP contribution in [0.3, 0.4) is 0 Å². The second-order valence-electron chi connectivity index (χ2n) is 2.90. The maximum atomic E-state index is 10.3. The minimum absolute atomic E-state index is 0.0112. The zero-order valence-corrected chi connectivity index (χ0v) is 9.26. The van der Waals surface area contributed by atoms with E-state index in [1.807, 2.05) is 6.92 Å². The second kappa shape index (κ2) is 8.55. The van der Waals surface area contributed by atoms with Gasteiger partial charge in [-0.1, -0.05) is 18.7 Å². The molecule has 0 aliphatic heterocycles. The van der Waals surface area contributed by atoms with E-state index in [9.17, 15) is 9.90 Å². The van der Waals surface area contributed by atoms with Gasteiger partial charge in [0.05, 0.1) is 0 Å². The molecule has 0 rings (SSSR count). The molecule has 0 aromatic rings. The first kappa shape index (κ1) is 14.2. The quantitative estimate of drug-likeness (QED) is 0.504. The fourth-order valence-corrected chi connectivity index (χ4v) is 0.851. The summed E-state index contributed by atoms with van der Waals surface area (Å²) < 4.78 is 9.65. The molecule has 1 atom stereocenters. The summed E-state index contributed by atoms with van der Waals surface area (Å²) in [6.07, 6.45) is 4.91. The van der Waals surface area contributed by atoms with Gasteiger partial charge in [0, 0.05) is 0 Å². The monoisotopic (exact) mass is 227 g/mol. The molecule has 0 bridgehead atoms. The van der Waals surface area contributed by atoms with Crippen molar-refractivity contribution >= 4 is 6.09 Å². The SMILES string of the molecule is C=C/C=C(\C=C/C)OCC(O)COC(N)=O. The zero-order valence-electron chi connectivity index (χ0n) is 9.26. The number of aliphatic hydroxyl groups is 1. The molecule has 0 aliphatic carbocycles. The van der Waals surface area contributed by atoms with Crippen LogP contribution in [0.1, 0.15) is 6.92 Å². The molecular formula is C11H17NO4. The van der Waals surface area contributed by atoms with Gasteiger partial charge in [-0.25, -0.2) is 4.79 Å². The molecule has 0 aromatic carbocycles. The Labute approximate surface area is 94.8 Å². The summed E-state index contributed by atoms with van der Waals surface area (Å²) >= 11 is 0. The first-order valence-corrected chi connectivity index (χ1v) is 4.78. The Morgan fingerprint density at radius 1 is 1.50 bits per heavy atom. The number of aliphatic hydroxyl groups excluding tert-OH is 1. The summed E-state index contributed by atoms with van der Waals surface area (Å²) in [5.74, 6) is 0.565. The van der Waals surface area contributed by atoms with E-state index in [4.69, 9.17) is 10.5 Å². The molecule has 1 unspecified atom stereocenters. The van der Waals surface area contributed by atoms with Gasteiger partial charge in [0.15, 0.2) is 0 Å². The molecule has 1 amide bonds. The minimum atomic E-state index is -0.922. The summed E-state index contributed by atoms with van der Waals surface area (Å²) in [6, 6.07) is 0. The van der Waals surface area contributed by atoms with Crippen molar-refractivity contribution in [1.29, 1.82) is 0 Å². The minimum Gasteiger partial charge on any atom is -0.491 e. The fraction of sp³-hybridized carbons (Fsp3) is 0.364. The third-order valence-corrected chi connectivity index (χ3v) is 1.47. The standard InChI is InChI=1S/C11H17NO4/c1-3-5-10(6-4-2)15-7-9(13)8-16-11(12)14/h3-6,9,13H,1,7-8H2,2H3,(H2,12,14)/b6-4-,10-5+. The van der Waals surface area contributed by atoms with E-state index >= 15 is 0 Å². The van der Waals surface area contributed by atoms with E-state index in [1.165, 1.54) is 0 Å². The van der Waals surface area contributed by atoms with Crippen LogP contribution in [0.15, 0.2) is 36.6 Å². The molecular weight excluding hydrogens is 210 g/mol. The lowest BCUT2D eigenvalue weighted by Crippen LogP contribution is -2.25. The Morgan fingerprint density at radius 3 is 2.62 bits per heavy atom. The van der Waals surface area contributed by atoms with Crippen molar-refractivity contribution < 1.29 is 19.4 Å². The lowest BCUT2D eigenvalue weighted by molar-refractivity contribution is 0.0249. The molecule has 0 saturated carbocycles. The van der Waals surface area contributed by atoms with Gasteiger partial charge in [-0.15, -0.1) is 0 Å². The first-order valence-electron chi connectivity index (χ1n) is 4.78. The van der Waals surface area contributed by atoms with Crippen molar-refractivity contribution in [3.63, 3.8) is 0 Å². The predicted molar refractivity (Wildman–Crippen MR) is 60.6 cm³/mol. The number of rotatable bonds is 7. The number of hydrogen-bond acceptors (Lipinski definition) is 4. The van der Waals surface area contributed by atoms with Gasteiger partial charge >= 0.3 is 6.09 Å². The summed E-state index contributed by atoms with van der Waals surface area (Å²) in [5.41, 5.74) is 4.74. The van der Waals surface area contributed by atoms with Crippen LogP contribution in [-0.4, -0.2) is 30.5 Å². The van der Waals surface area contributed by atoms with Crippen molar-refractivity contribution in [1.82, 2.24) is 0 Å². The average Bonchev–Trinajstić information content (AvgIpc) is 2.23. The summed E-state index contributed by atoms with van der Waals surface area (Å²) in [5, 5.41) is 9.35. The van der Waals surface area contributed by atoms with Crippen molar-refractivity contribution in [3.05, 3.63) is 36.6 Å². The molecule has 3 N–H and O–H groups in total. The van der Waals surface area contributed by atoms with Crippen LogP contribution in [0, 0.1) is 0 Å². The average molecular weight is 227 g/mol. The summed E-state index contributed by atoms with van der Waals surface area (Å²) in [6.45, 7) is 5.19. The number of ether oxygens (including phenoxy) is 2. The van der Waals surface area contributed by atoms with E-state index in [1.54, 1.807) is 24.3 Å². The lowest BCUT2D eigenvalue weighted by Gasteiger charge is -2.12. The van der Waals surface area contributed by atoms with Crippen molar-refractivity contribution in [2.24, 2.45) is 5.73 Å². The highest BCUT2D eigenvalue weighted by molar-refractivity contribution is 5.64. The lowest BCUT2D eigenvalue weighted by atomic mass is 10.3. The fourth-order valence-electron chi connectivity index (χ4n) is 0.851. The van der Waals surface area contributed by atoms with Crippen LogP contribution in [-0.2, 0) is 9.47 Å². The maximum absolute atomic E-state index is 10.3.